The SMILES string of the molecule is CC.CCC(C)CC(=O)N(C)C. The van der Waals surface area contributed by atoms with Crippen LogP contribution in [0.5, 0.6) is 0 Å². The zero-order valence-electron chi connectivity index (χ0n) is 9.35. The molecule has 0 aliphatic rings. The van der Waals surface area contributed by atoms with E-state index in [4.69, 9.17) is 0 Å². The minimum Gasteiger partial charge on any atom is -0.349 e. The summed E-state index contributed by atoms with van der Waals surface area (Å²) >= 11 is 0. The largest absolute Gasteiger partial charge is 0.349 e. The molecule has 0 saturated heterocycles. The Hall–Kier alpha value is -0.530. The van der Waals surface area contributed by atoms with E-state index in [1.165, 1.54) is 0 Å². The van der Waals surface area contributed by atoms with Gasteiger partial charge in [-0.15, -0.1) is 0 Å². The standard InChI is InChI=1S/C8H17NO.C2H6/c1-5-7(2)6-8(10)9(3)4;1-2/h7H,5-6H2,1-4H3;1-2H3. The molecule has 0 N–H and O–H groups in total. The van der Waals surface area contributed by atoms with Crippen molar-refractivity contribution in [3.05, 3.63) is 0 Å². The maximum absolute atomic E-state index is 11.0. The van der Waals surface area contributed by atoms with Crippen molar-refractivity contribution in [2.24, 2.45) is 5.92 Å². The second kappa shape index (κ2) is 8.57. The molecule has 0 radical (unpaired) electrons. The Morgan fingerprint density at radius 1 is 1.33 bits per heavy atom. The highest BCUT2D eigenvalue weighted by molar-refractivity contribution is 5.75. The van der Waals surface area contributed by atoms with Crippen molar-refractivity contribution < 1.29 is 4.79 Å². The van der Waals surface area contributed by atoms with Crippen LogP contribution in [0.4, 0.5) is 0 Å². The smallest absolute Gasteiger partial charge is 0.222 e. The molecule has 0 aliphatic carbocycles. The summed E-state index contributed by atoms with van der Waals surface area (Å²) < 4.78 is 0. The van der Waals surface area contributed by atoms with Crippen LogP contribution in [0.25, 0.3) is 0 Å². The summed E-state index contributed by atoms with van der Waals surface area (Å²) in [5.41, 5.74) is 0. The minimum atomic E-state index is 0.231. The highest BCUT2D eigenvalue weighted by Gasteiger charge is 2.07. The summed E-state index contributed by atoms with van der Waals surface area (Å²) in [5.74, 6) is 0.754. The van der Waals surface area contributed by atoms with E-state index >= 15 is 0 Å². The predicted octanol–water partition coefficient (Wildman–Crippen LogP) is 2.54. The summed E-state index contributed by atoms with van der Waals surface area (Å²) in [5, 5.41) is 0. The molecule has 0 saturated carbocycles. The molecule has 0 heterocycles. The van der Waals surface area contributed by atoms with Gasteiger partial charge in [0.05, 0.1) is 0 Å². The third-order valence-corrected chi connectivity index (χ3v) is 1.72. The van der Waals surface area contributed by atoms with E-state index in [0.717, 1.165) is 6.42 Å². The lowest BCUT2D eigenvalue weighted by Gasteiger charge is -2.12. The Bertz CT molecular complexity index is 110. The van der Waals surface area contributed by atoms with Crippen molar-refractivity contribution in [1.29, 1.82) is 0 Å². The van der Waals surface area contributed by atoms with Crippen LogP contribution in [0, 0.1) is 5.92 Å². The van der Waals surface area contributed by atoms with Gasteiger partial charge in [-0.05, 0) is 5.92 Å². The van der Waals surface area contributed by atoms with Gasteiger partial charge >= 0.3 is 0 Å². The Labute approximate surface area is 77.0 Å². The van der Waals surface area contributed by atoms with Crippen LogP contribution in [-0.2, 0) is 4.79 Å². The van der Waals surface area contributed by atoms with Crippen molar-refractivity contribution >= 4 is 5.91 Å². The number of amides is 1. The molecule has 0 bridgehead atoms. The van der Waals surface area contributed by atoms with Gasteiger partial charge in [0.25, 0.3) is 0 Å². The summed E-state index contributed by atoms with van der Waals surface area (Å²) in [6.45, 7) is 8.20. The lowest BCUT2D eigenvalue weighted by atomic mass is 10.1. The molecule has 2 heteroatoms. The van der Waals surface area contributed by atoms with Gasteiger partial charge in [-0.2, -0.15) is 0 Å². The second-order valence-electron chi connectivity index (χ2n) is 3.01. The van der Waals surface area contributed by atoms with E-state index in [1.807, 2.05) is 13.8 Å². The molecule has 0 spiro atoms. The van der Waals surface area contributed by atoms with Crippen molar-refractivity contribution in [2.45, 2.75) is 40.5 Å². The quantitative estimate of drug-likeness (QED) is 0.642. The van der Waals surface area contributed by atoms with Gasteiger partial charge in [-0.25, -0.2) is 0 Å². The Morgan fingerprint density at radius 3 is 2.00 bits per heavy atom. The topological polar surface area (TPSA) is 20.3 Å². The van der Waals surface area contributed by atoms with E-state index in [-0.39, 0.29) is 5.91 Å². The van der Waals surface area contributed by atoms with Crippen molar-refractivity contribution in [3.63, 3.8) is 0 Å². The van der Waals surface area contributed by atoms with Crippen molar-refractivity contribution in [2.75, 3.05) is 14.1 Å². The maximum atomic E-state index is 11.0. The molecule has 12 heavy (non-hydrogen) atoms. The number of hydrogen-bond acceptors (Lipinski definition) is 1. The average molecular weight is 173 g/mol. The fourth-order valence-electron chi connectivity index (χ4n) is 0.625. The van der Waals surface area contributed by atoms with Crippen LogP contribution in [0.3, 0.4) is 0 Å². The van der Waals surface area contributed by atoms with Crippen LogP contribution < -0.4 is 0 Å². The van der Waals surface area contributed by atoms with Crippen LogP contribution in [-0.4, -0.2) is 24.9 Å². The minimum absolute atomic E-state index is 0.231. The average Bonchev–Trinajstić information content (AvgIpc) is 2.07. The zero-order chi connectivity index (χ0) is 10.1. The van der Waals surface area contributed by atoms with E-state index in [1.54, 1.807) is 19.0 Å². The summed E-state index contributed by atoms with van der Waals surface area (Å²) in [4.78, 5) is 12.7. The fourth-order valence-corrected chi connectivity index (χ4v) is 0.625. The van der Waals surface area contributed by atoms with E-state index in [9.17, 15) is 4.79 Å². The highest BCUT2D eigenvalue weighted by Crippen LogP contribution is 2.06. The third-order valence-electron chi connectivity index (χ3n) is 1.72. The monoisotopic (exact) mass is 173 g/mol. The van der Waals surface area contributed by atoms with Crippen LogP contribution in [0.1, 0.15) is 40.5 Å². The first-order chi connectivity index (χ1) is 5.57. The Morgan fingerprint density at radius 2 is 1.75 bits per heavy atom. The molecule has 0 aromatic rings. The molecule has 0 aromatic carbocycles. The first-order valence-electron chi connectivity index (χ1n) is 4.78. The van der Waals surface area contributed by atoms with Crippen molar-refractivity contribution in [3.8, 4) is 0 Å². The summed E-state index contributed by atoms with van der Waals surface area (Å²) in [7, 11) is 3.59. The van der Waals surface area contributed by atoms with Crippen molar-refractivity contribution in [1.82, 2.24) is 4.90 Å². The van der Waals surface area contributed by atoms with Gasteiger partial charge in [0.15, 0.2) is 0 Å². The van der Waals surface area contributed by atoms with E-state index in [2.05, 4.69) is 13.8 Å². The number of nitrogens with zero attached hydrogens (tertiary/aromatic N) is 1. The first-order valence-corrected chi connectivity index (χ1v) is 4.78. The normalized spacial score (nSPS) is 11.2. The molecule has 74 valence electrons. The molecule has 0 rings (SSSR count). The molecule has 0 aliphatic heterocycles. The van der Waals surface area contributed by atoms with Gasteiger partial charge in [0.2, 0.25) is 5.91 Å². The van der Waals surface area contributed by atoms with Gasteiger partial charge in [-0.3, -0.25) is 4.79 Å². The highest BCUT2D eigenvalue weighted by atomic mass is 16.2. The molecule has 2 nitrogen and oxygen atoms in total. The molecule has 1 unspecified atom stereocenters. The molecule has 0 aromatic heterocycles. The molecule has 1 amide bonds. The lowest BCUT2D eigenvalue weighted by molar-refractivity contribution is -0.129. The number of hydrogen-bond donors (Lipinski definition) is 0. The van der Waals surface area contributed by atoms with E-state index in [0.29, 0.717) is 12.3 Å². The van der Waals surface area contributed by atoms with Gasteiger partial charge in [0, 0.05) is 20.5 Å². The zero-order valence-corrected chi connectivity index (χ0v) is 9.35. The molecule has 0 fully saturated rings. The number of carbonyl (C=O) groups is 1. The summed E-state index contributed by atoms with van der Waals surface area (Å²) in [6.07, 6.45) is 1.77. The van der Waals surface area contributed by atoms with Gasteiger partial charge < -0.3 is 4.90 Å². The number of carbonyl (C=O) groups excluding carboxylic acids is 1. The molecule has 1 atom stereocenters. The first kappa shape index (κ1) is 14.0. The fraction of sp³-hybridized carbons (Fsp3) is 0.900. The Kier molecular flexibility index (Phi) is 10.0. The van der Waals surface area contributed by atoms with Crippen LogP contribution in [0.15, 0.2) is 0 Å². The third kappa shape index (κ3) is 7.58. The van der Waals surface area contributed by atoms with Crippen LogP contribution in [0.2, 0.25) is 0 Å². The predicted molar refractivity (Wildman–Crippen MR) is 54.1 cm³/mol. The number of rotatable bonds is 3. The lowest BCUT2D eigenvalue weighted by Crippen LogP contribution is -2.23. The molecular weight excluding hydrogens is 150 g/mol. The van der Waals surface area contributed by atoms with Gasteiger partial charge in [-0.1, -0.05) is 34.1 Å². The van der Waals surface area contributed by atoms with E-state index < -0.39 is 0 Å². The molecular formula is C10H23NO. The van der Waals surface area contributed by atoms with Gasteiger partial charge in [0.1, 0.15) is 0 Å². The summed E-state index contributed by atoms with van der Waals surface area (Å²) in [6, 6.07) is 0. The second-order valence-corrected chi connectivity index (χ2v) is 3.01. The maximum Gasteiger partial charge on any atom is 0.222 e. The Balaban J connectivity index is 0. The van der Waals surface area contributed by atoms with Crippen LogP contribution >= 0.6 is 0 Å².